The number of rotatable bonds is 4. The van der Waals surface area contributed by atoms with Gasteiger partial charge in [0.2, 0.25) is 5.92 Å². The van der Waals surface area contributed by atoms with E-state index in [1.807, 2.05) is 6.07 Å². The summed E-state index contributed by atoms with van der Waals surface area (Å²) in [6, 6.07) is 12.7. The molecular weight excluding hydrogens is 440 g/mol. The number of nitriles is 1. The van der Waals surface area contributed by atoms with Crippen LogP contribution >= 0.6 is 11.6 Å². The molecule has 2 fully saturated rings. The lowest BCUT2D eigenvalue weighted by Gasteiger charge is -2.34. The summed E-state index contributed by atoms with van der Waals surface area (Å²) in [5.74, 6) is -4.02. The van der Waals surface area contributed by atoms with Crippen molar-refractivity contribution in [1.82, 2.24) is 10.2 Å². The number of benzene rings is 2. The molecule has 2 aromatic carbocycles. The van der Waals surface area contributed by atoms with Crippen LogP contribution < -0.4 is 5.32 Å². The van der Waals surface area contributed by atoms with Crippen molar-refractivity contribution in [3.05, 3.63) is 58.6 Å². The van der Waals surface area contributed by atoms with Crippen molar-refractivity contribution >= 4 is 29.3 Å². The highest BCUT2D eigenvalue weighted by molar-refractivity contribution is 6.33. The molecule has 0 bridgehead atoms. The van der Waals surface area contributed by atoms with Crippen LogP contribution in [0.25, 0.3) is 11.1 Å². The molecule has 1 aliphatic carbocycles. The van der Waals surface area contributed by atoms with E-state index in [4.69, 9.17) is 16.9 Å². The lowest BCUT2D eigenvalue weighted by atomic mass is 9.80. The molecule has 1 spiro atoms. The highest BCUT2D eigenvalue weighted by Crippen LogP contribution is 2.41. The van der Waals surface area contributed by atoms with Gasteiger partial charge in [0, 0.05) is 29.0 Å². The van der Waals surface area contributed by atoms with Gasteiger partial charge in [0.25, 0.3) is 5.91 Å². The van der Waals surface area contributed by atoms with Gasteiger partial charge in [-0.25, -0.2) is 13.6 Å². The molecule has 0 aromatic heterocycles. The lowest BCUT2D eigenvalue weighted by molar-refractivity contribution is -0.135. The highest BCUT2D eigenvalue weighted by Gasteiger charge is 2.55. The summed E-state index contributed by atoms with van der Waals surface area (Å²) in [6.45, 7) is -0.512. The fourth-order valence-corrected chi connectivity index (χ4v) is 4.40. The van der Waals surface area contributed by atoms with Crippen LogP contribution in [0.1, 0.15) is 41.6 Å². The van der Waals surface area contributed by atoms with Crippen LogP contribution in [0.15, 0.2) is 42.5 Å². The molecule has 3 amide bonds. The van der Waals surface area contributed by atoms with Crippen LogP contribution in [0, 0.1) is 11.3 Å². The number of alkyl halides is 2. The van der Waals surface area contributed by atoms with Gasteiger partial charge in [-0.1, -0.05) is 35.9 Å². The molecule has 4 rings (SSSR count). The number of Topliss-reactive ketones (excluding diaryl/α,β-unsaturated/α-hetero) is 1. The van der Waals surface area contributed by atoms with E-state index in [0.29, 0.717) is 16.7 Å². The van der Waals surface area contributed by atoms with E-state index in [1.165, 1.54) is 12.1 Å². The zero-order valence-corrected chi connectivity index (χ0v) is 17.6. The summed E-state index contributed by atoms with van der Waals surface area (Å²) < 4.78 is 27.0. The Morgan fingerprint density at radius 2 is 1.84 bits per heavy atom. The normalized spacial score (nSPS) is 19.0. The third kappa shape index (κ3) is 3.96. The maximum absolute atomic E-state index is 13.5. The van der Waals surface area contributed by atoms with Crippen molar-refractivity contribution in [2.45, 2.75) is 37.1 Å². The van der Waals surface area contributed by atoms with Crippen LogP contribution in [-0.2, 0) is 4.79 Å². The van der Waals surface area contributed by atoms with Gasteiger partial charge in [0.15, 0.2) is 5.78 Å². The molecule has 1 heterocycles. The Morgan fingerprint density at radius 3 is 2.50 bits per heavy atom. The minimum absolute atomic E-state index is 0.169. The Kier molecular flexibility index (Phi) is 5.47. The summed E-state index contributed by atoms with van der Waals surface area (Å²) in [6.07, 6.45) is -1.33. The first-order valence-electron chi connectivity index (χ1n) is 9.99. The number of nitrogens with one attached hydrogen (secondary N) is 1. The molecule has 9 heteroatoms. The van der Waals surface area contributed by atoms with Crippen LogP contribution in [0.5, 0.6) is 0 Å². The molecule has 0 unspecified atom stereocenters. The van der Waals surface area contributed by atoms with E-state index in [1.54, 1.807) is 30.3 Å². The van der Waals surface area contributed by atoms with Gasteiger partial charge in [0.05, 0.1) is 18.2 Å². The number of hydrogen-bond acceptors (Lipinski definition) is 4. The second-order valence-corrected chi connectivity index (χ2v) is 8.48. The van der Waals surface area contributed by atoms with Crippen LogP contribution in [0.2, 0.25) is 5.02 Å². The maximum atomic E-state index is 13.5. The van der Waals surface area contributed by atoms with Crippen molar-refractivity contribution in [2.75, 3.05) is 6.54 Å². The number of hydrogen-bond donors (Lipinski definition) is 1. The van der Waals surface area contributed by atoms with Crippen LogP contribution in [0.3, 0.4) is 0 Å². The molecule has 2 aromatic rings. The topological polar surface area (TPSA) is 90.3 Å². The van der Waals surface area contributed by atoms with Crippen LogP contribution in [-0.4, -0.2) is 40.6 Å². The van der Waals surface area contributed by atoms with Gasteiger partial charge in [-0.05, 0) is 36.6 Å². The van der Waals surface area contributed by atoms with Gasteiger partial charge in [0.1, 0.15) is 5.54 Å². The molecule has 6 nitrogen and oxygen atoms in total. The Hall–Kier alpha value is -3.31. The number of carbonyl (C=O) groups excluding carboxylic acids is 3. The molecule has 1 saturated heterocycles. The second kappa shape index (κ2) is 7.99. The average Bonchev–Trinajstić information content (AvgIpc) is 3.00. The van der Waals surface area contributed by atoms with E-state index in [0.717, 1.165) is 4.90 Å². The van der Waals surface area contributed by atoms with E-state index >= 15 is 0 Å². The Morgan fingerprint density at radius 1 is 1.12 bits per heavy atom. The second-order valence-electron chi connectivity index (χ2n) is 8.07. The molecule has 1 N–H and O–H groups in total. The average molecular weight is 458 g/mol. The summed E-state index contributed by atoms with van der Waals surface area (Å²) >= 11 is 6.35. The fraction of sp³-hybridized carbons (Fsp3) is 0.304. The van der Waals surface area contributed by atoms with Crippen molar-refractivity contribution in [3.8, 4) is 17.2 Å². The van der Waals surface area contributed by atoms with Gasteiger partial charge in [-0.2, -0.15) is 5.26 Å². The molecule has 164 valence electrons. The van der Waals surface area contributed by atoms with Crippen molar-refractivity contribution in [1.29, 1.82) is 5.26 Å². The Bertz CT molecular complexity index is 1170. The van der Waals surface area contributed by atoms with Crippen molar-refractivity contribution in [3.63, 3.8) is 0 Å². The smallest absolute Gasteiger partial charge is 0.323 e. The zero-order valence-electron chi connectivity index (χ0n) is 16.8. The predicted molar refractivity (Wildman–Crippen MR) is 112 cm³/mol. The first-order valence-corrected chi connectivity index (χ1v) is 10.4. The molecule has 32 heavy (non-hydrogen) atoms. The summed E-state index contributed by atoms with van der Waals surface area (Å²) in [4.78, 5) is 38.7. The van der Waals surface area contributed by atoms with Gasteiger partial charge in [-0.3, -0.25) is 14.5 Å². The monoisotopic (exact) mass is 457 g/mol. The van der Waals surface area contributed by atoms with Crippen molar-refractivity contribution in [2.24, 2.45) is 0 Å². The molecular formula is C23H18ClF2N3O3. The first kappa shape index (κ1) is 21.9. The molecule has 0 radical (unpaired) electrons. The minimum atomic E-state index is -2.86. The van der Waals surface area contributed by atoms with Crippen LogP contribution in [0.4, 0.5) is 13.6 Å². The number of halogens is 3. The number of ketones is 1. The number of imide groups is 1. The fourth-order valence-electron chi connectivity index (χ4n) is 4.12. The molecule has 1 aliphatic heterocycles. The number of nitrogens with zero attached hydrogens (tertiary/aromatic N) is 2. The predicted octanol–water partition coefficient (Wildman–Crippen LogP) is 4.56. The Balaban J connectivity index is 1.51. The SMILES string of the molecule is N#Cc1cccc(-c2ccc(C(=O)CN3C(=O)NC4(CCC(F)(F)CC4)C3=O)cc2Cl)c1. The standard InChI is InChI=1S/C23H18ClF2N3O3/c24-18-11-16(4-5-17(18)15-3-1-2-14(10-15)12-27)19(30)13-29-20(31)22(28-21(29)32)6-8-23(25,26)9-7-22/h1-5,10-11H,6-9,13H2,(H,28,32). The van der Waals surface area contributed by atoms with Crippen molar-refractivity contribution < 1.29 is 23.2 Å². The highest BCUT2D eigenvalue weighted by atomic mass is 35.5. The third-order valence-corrected chi connectivity index (χ3v) is 6.29. The minimum Gasteiger partial charge on any atom is -0.323 e. The molecule has 2 aliphatic rings. The van der Waals surface area contributed by atoms with E-state index in [2.05, 4.69) is 5.32 Å². The number of urea groups is 1. The summed E-state index contributed by atoms with van der Waals surface area (Å²) in [5, 5.41) is 11.9. The lowest BCUT2D eigenvalue weighted by Crippen LogP contribution is -2.51. The van der Waals surface area contributed by atoms with Gasteiger partial charge in [-0.15, -0.1) is 0 Å². The van der Waals surface area contributed by atoms with E-state index < -0.39 is 48.6 Å². The maximum Gasteiger partial charge on any atom is 0.325 e. The van der Waals surface area contributed by atoms with E-state index in [-0.39, 0.29) is 23.4 Å². The summed E-state index contributed by atoms with van der Waals surface area (Å²) in [5.41, 5.74) is 0.626. The quantitative estimate of drug-likeness (QED) is 0.538. The van der Waals surface area contributed by atoms with Gasteiger partial charge >= 0.3 is 6.03 Å². The zero-order chi connectivity index (χ0) is 23.1. The number of carbonyl (C=O) groups is 3. The van der Waals surface area contributed by atoms with Gasteiger partial charge < -0.3 is 5.32 Å². The number of amides is 3. The third-order valence-electron chi connectivity index (χ3n) is 5.98. The molecule has 1 saturated carbocycles. The molecule has 0 atom stereocenters. The summed E-state index contributed by atoms with van der Waals surface area (Å²) in [7, 11) is 0. The van der Waals surface area contributed by atoms with E-state index in [9.17, 15) is 23.2 Å². The largest absolute Gasteiger partial charge is 0.325 e. The first-order chi connectivity index (χ1) is 15.1. The Labute approximate surface area is 187 Å².